The van der Waals surface area contributed by atoms with Gasteiger partial charge < -0.3 is 19.6 Å². The van der Waals surface area contributed by atoms with E-state index < -0.39 is 17.7 Å². The molecule has 7 heteroatoms. The molecule has 1 atom stereocenters. The van der Waals surface area contributed by atoms with Crippen LogP contribution in [0.25, 0.3) is 5.76 Å². The molecule has 1 fully saturated rings. The van der Waals surface area contributed by atoms with Crippen molar-refractivity contribution < 1.29 is 19.4 Å². The minimum Gasteiger partial charge on any atom is -0.507 e. The molecule has 0 spiro atoms. The van der Waals surface area contributed by atoms with Crippen molar-refractivity contribution in [2.24, 2.45) is 0 Å². The van der Waals surface area contributed by atoms with E-state index in [1.54, 1.807) is 48.5 Å². The maximum absolute atomic E-state index is 13.1. The number of hydrogen-bond donors (Lipinski definition) is 1. The zero-order valence-corrected chi connectivity index (χ0v) is 21.1. The van der Waals surface area contributed by atoms with Crippen molar-refractivity contribution in [1.29, 1.82) is 0 Å². The fraction of sp³-hybridized carbons (Fsp3) is 0.241. The van der Waals surface area contributed by atoms with Gasteiger partial charge in [0, 0.05) is 17.1 Å². The first kappa shape index (κ1) is 25.5. The number of ether oxygens (including phenoxy) is 1. The molecule has 3 aromatic carbocycles. The number of aliphatic hydroxyl groups excluding tert-OH is 1. The Bertz CT molecular complexity index is 1240. The molecule has 0 aliphatic carbocycles. The second-order valence-electron chi connectivity index (χ2n) is 9.00. The van der Waals surface area contributed by atoms with E-state index in [0.29, 0.717) is 41.5 Å². The van der Waals surface area contributed by atoms with Gasteiger partial charge in [-0.3, -0.25) is 9.59 Å². The first-order valence-electron chi connectivity index (χ1n) is 11.8. The second kappa shape index (κ2) is 11.4. The summed E-state index contributed by atoms with van der Waals surface area (Å²) in [5.41, 5.74) is 2.27. The van der Waals surface area contributed by atoms with Gasteiger partial charge in [0.15, 0.2) is 0 Å². The van der Waals surface area contributed by atoms with E-state index in [4.69, 9.17) is 16.3 Å². The normalized spacial score (nSPS) is 17.1. The van der Waals surface area contributed by atoms with Gasteiger partial charge in [-0.25, -0.2) is 0 Å². The SMILES string of the molecule is CN(C)CCCN1C(=O)C(=O)/C(=C(/O)c2ccc(OCc3ccccc3)cc2)[C@@H]1c1ccc(Cl)cc1. The Labute approximate surface area is 216 Å². The maximum Gasteiger partial charge on any atom is 0.295 e. The molecular weight excluding hydrogens is 476 g/mol. The number of carbonyl (C=O) groups is 2. The van der Waals surface area contributed by atoms with Crippen LogP contribution in [-0.2, 0) is 16.2 Å². The van der Waals surface area contributed by atoms with Crippen LogP contribution in [0.2, 0.25) is 5.02 Å². The molecule has 1 heterocycles. The Hall–Kier alpha value is -3.61. The molecule has 4 rings (SSSR count). The van der Waals surface area contributed by atoms with E-state index in [1.807, 2.05) is 49.3 Å². The van der Waals surface area contributed by atoms with Crippen molar-refractivity contribution >= 4 is 29.1 Å². The Morgan fingerprint density at radius 2 is 1.64 bits per heavy atom. The lowest BCUT2D eigenvalue weighted by molar-refractivity contribution is -0.139. The number of halogens is 1. The van der Waals surface area contributed by atoms with Crippen LogP contribution in [0.3, 0.4) is 0 Å². The van der Waals surface area contributed by atoms with Crippen molar-refractivity contribution in [2.45, 2.75) is 19.1 Å². The Kier molecular flexibility index (Phi) is 8.08. The van der Waals surface area contributed by atoms with Crippen LogP contribution in [0.5, 0.6) is 5.75 Å². The van der Waals surface area contributed by atoms with Gasteiger partial charge in [0.2, 0.25) is 0 Å². The molecule has 1 amide bonds. The van der Waals surface area contributed by atoms with Crippen molar-refractivity contribution in [3.8, 4) is 5.75 Å². The van der Waals surface area contributed by atoms with Crippen LogP contribution in [0, 0.1) is 0 Å². The number of likely N-dealkylation sites (tertiary alicyclic amines) is 1. The summed E-state index contributed by atoms with van der Waals surface area (Å²) in [5.74, 6) is -0.883. The fourth-order valence-electron chi connectivity index (χ4n) is 4.26. The molecule has 0 radical (unpaired) electrons. The van der Waals surface area contributed by atoms with E-state index in [2.05, 4.69) is 0 Å². The summed E-state index contributed by atoms with van der Waals surface area (Å²) in [6, 6.07) is 23.0. The second-order valence-corrected chi connectivity index (χ2v) is 9.44. The van der Waals surface area contributed by atoms with Gasteiger partial charge in [-0.1, -0.05) is 54.1 Å². The van der Waals surface area contributed by atoms with Gasteiger partial charge >= 0.3 is 0 Å². The highest BCUT2D eigenvalue weighted by Gasteiger charge is 2.45. The summed E-state index contributed by atoms with van der Waals surface area (Å²) in [4.78, 5) is 29.7. The lowest BCUT2D eigenvalue weighted by atomic mass is 9.95. The molecule has 0 saturated carbocycles. The molecular formula is C29H29ClN2O4. The molecule has 1 aliphatic heterocycles. The topological polar surface area (TPSA) is 70.1 Å². The van der Waals surface area contributed by atoms with Crippen molar-refractivity contribution in [1.82, 2.24) is 9.80 Å². The third-order valence-corrected chi connectivity index (χ3v) is 6.36. The number of hydrogen-bond acceptors (Lipinski definition) is 5. The standard InChI is InChI=1S/C29H29ClN2O4/c1-31(2)17-6-18-32-26(21-9-13-23(30)14-10-21)25(28(34)29(32)35)27(33)22-11-15-24(16-12-22)36-19-20-7-4-3-5-8-20/h3-5,7-16,26,33H,6,17-19H2,1-2H3/b27-25+/t26-/m0/s1. The number of rotatable bonds is 9. The highest BCUT2D eigenvalue weighted by atomic mass is 35.5. The lowest BCUT2D eigenvalue weighted by Gasteiger charge is -2.26. The van der Waals surface area contributed by atoms with Gasteiger partial charge in [0.25, 0.3) is 11.7 Å². The number of Topliss-reactive ketones (excluding diaryl/α,β-unsaturated/α-hetero) is 1. The summed E-state index contributed by atoms with van der Waals surface area (Å²) in [5, 5.41) is 11.8. The van der Waals surface area contributed by atoms with Crippen LogP contribution < -0.4 is 4.74 Å². The average molecular weight is 505 g/mol. The molecule has 186 valence electrons. The Morgan fingerprint density at radius 3 is 2.28 bits per heavy atom. The lowest BCUT2D eigenvalue weighted by Crippen LogP contribution is -2.32. The number of nitrogens with zero attached hydrogens (tertiary/aromatic N) is 2. The first-order chi connectivity index (χ1) is 17.3. The van der Waals surface area contributed by atoms with E-state index in [-0.39, 0.29) is 11.3 Å². The summed E-state index contributed by atoms with van der Waals surface area (Å²) in [6.07, 6.45) is 0.692. The quantitative estimate of drug-likeness (QED) is 0.243. The van der Waals surface area contributed by atoms with Crippen LogP contribution >= 0.6 is 11.6 Å². The van der Waals surface area contributed by atoms with Crippen LogP contribution in [0.1, 0.15) is 29.2 Å². The summed E-state index contributed by atoms with van der Waals surface area (Å²) in [7, 11) is 3.91. The molecule has 1 aliphatic rings. The van der Waals surface area contributed by atoms with Gasteiger partial charge in [0.1, 0.15) is 18.1 Å². The highest BCUT2D eigenvalue weighted by Crippen LogP contribution is 2.40. The van der Waals surface area contributed by atoms with E-state index in [1.165, 1.54) is 4.90 Å². The Morgan fingerprint density at radius 1 is 0.972 bits per heavy atom. The van der Waals surface area contributed by atoms with Gasteiger partial charge in [0.05, 0.1) is 11.6 Å². The predicted octanol–water partition coefficient (Wildman–Crippen LogP) is 5.29. The molecule has 0 unspecified atom stereocenters. The zero-order valence-electron chi connectivity index (χ0n) is 20.4. The van der Waals surface area contributed by atoms with Gasteiger partial charge in [-0.15, -0.1) is 0 Å². The molecule has 0 bridgehead atoms. The van der Waals surface area contributed by atoms with Crippen molar-refractivity contribution in [2.75, 3.05) is 27.2 Å². The number of benzene rings is 3. The van der Waals surface area contributed by atoms with Gasteiger partial charge in [-0.2, -0.15) is 0 Å². The molecule has 3 aromatic rings. The number of ketones is 1. The van der Waals surface area contributed by atoms with E-state index in [0.717, 1.165) is 12.1 Å². The van der Waals surface area contributed by atoms with Crippen molar-refractivity contribution in [3.63, 3.8) is 0 Å². The monoisotopic (exact) mass is 504 g/mol. The largest absolute Gasteiger partial charge is 0.507 e. The molecule has 1 saturated heterocycles. The van der Waals surface area contributed by atoms with Crippen molar-refractivity contribution in [3.05, 3.63) is 106 Å². The third-order valence-electron chi connectivity index (χ3n) is 6.11. The zero-order chi connectivity index (χ0) is 25.7. The van der Waals surface area contributed by atoms with Crippen LogP contribution in [-0.4, -0.2) is 53.8 Å². The summed E-state index contributed by atoms with van der Waals surface area (Å²) < 4.78 is 5.83. The number of aliphatic hydroxyl groups is 1. The Balaban J connectivity index is 1.63. The fourth-order valence-corrected chi connectivity index (χ4v) is 4.39. The highest BCUT2D eigenvalue weighted by molar-refractivity contribution is 6.46. The summed E-state index contributed by atoms with van der Waals surface area (Å²) in [6.45, 7) is 1.57. The minimum absolute atomic E-state index is 0.0742. The number of carbonyl (C=O) groups excluding carboxylic acids is 2. The van der Waals surface area contributed by atoms with E-state index in [9.17, 15) is 14.7 Å². The van der Waals surface area contributed by atoms with E-state index >= 15 is 0 Å². The van der Waals surface area contributed by atoms with Gasteiger partial charge in [-0.05, 0) is 74.6 Å². The third kappa shape index (κ3) is 5.78. The molecule has 36 heavy (non-hydrogen) atoms. The smallest absolute Gasteiger partial charge is 0.295 e. The minimum atomic E-state index is -0.696. The maximum atomic E-state index is 13.1. The molecule has 0 aromatic heterocycles. The van der Waals surface area contributed by atoms with Crippen LogP contribution in [0.4, 0.5) is 0 Å². The molecule has 1 N–H and O–H groups in total. The average Bonchev–Trinajstić information content (AvgIpc) is 3.13. The molecule has 6 nitrogen and oxygen atoms in total. The number of amides is 1. The first-order valence-corrected chi connectivity index (χ1v) is 12.2. The predicted molar refractivity (Wildman–Crippen MR) is 141 cm³/mol. The summed E-state index contributed by atoms with van der Waals surface area (Å²) >= 11 is 6.08. The van der Waals surface area contributed by atoms with Crippen LogP contribution in [0.15, 0.2) is 84.4 Å².